The smallest absolute Gasteiger partial charge is 0.219 e. The second-order valence-corrected chi connectivity index (χ2v) is 4.61. The molecule has 0 saturated heterocycles. The number of hydrogen-bond acceptors (Lipinski definition) is 3. The standard InChI is InChI=1S/C14H19NO3/c1-4-12-11-8-13(17)14(18-3)7-10(11)5-6-15(12)9(2)16/h7-8,12,17H,4-6H2,1-3H3. The van der Waals surface area contributed by atoms with Crippen LogP contribution in [0.25, 0.3) is 0 Å². The Labute approximate surface area is 107 Å². The third kappa shape index (κ3) is 2.03. The molecule has 1 heterocycles. The van der Waals surface area contributed by atoms with Crippen LogP contribution >= 0.6 is 0 Å². The summed E-state index contributed by atoms with van der Waals surface area (Å²) in [4.78, 5) is 13.5. The summed E-state index contributed by atoms with van der Waals surface area (Å²) in [7, 11) is 1.55. The van der Waals surface area contributed by atoms with Gasteiger partial charge in [-0.1, -0.05) is 6.92 Å². The minimum atomic E-state index is 0.0584. The molecule has 0 fully saturated rings. The molecule has 4 nitrogen and oxygen atoms in total. The number of aromatic hydroxyl groups is 1. The zero-order valence-electron chi connectivity index (χ0n) is 11.1. The predicted octanol–water partition coefficient (Wildman–Crippen LogP) is 2.26. The van der Waals surface area contributed by atoms with E-state index in [4.69, 9.17) is 4.74 Å². The van der Waals surface area contributed by atoms with Gasteiger partial charge < -0.3 is 14.7 Å². The molecule has 1 aromatic rings. The van der Waals surface area contributed by atoms with Gasteiger partial charge in [-0.15, -0.1) is 0 Å². The number of amides is 1. The van der Waals surface area contributed by atoms with Gasteiger partial charge in [0.05, 0.1) is 13.2 Å². The van der Waals surface area contributed by atoms with E-state index in [0.29, 0.717) is 5.75 Å². The first-order valence-electron chi connectivity index (χ1n) is 6.25. The van der Waals surface area contributed by atoms with Crippen molar-refractivity contribution in [3.63, 3.8) is 0 Å². The summed E-state index contributed by atoms with van der Waals surface area (Å²) in [5.41, 5.74) is 2.20. The number of rotatable bonds is 2. The number of carbonyl (C=O) groups excluding carboxylic acids is 1. The van der Waals surface area contributed by atoms with Crippen LogP contribution in [0.5, 0.6) is 11.5 Å². The first kappa shape index (κ1) is 12.7. The van der Waals surface area contributed by atoms with E-state index in [1.807, 2.05) is 11.0 Å². The Morgan fingerprint density at radius 3 is 2.83 bits per heavy atom. The molecule has 1 N–H and O–H groups in total. The number of phenolic OH excluding ortho intramolecular Hbond substituents is 1. The Morgan fingerprint density at radius 2 is 2.28 bits per heavy atom. The highest BCUT2D eigenvalue weighted by Crippen LogP contribution is 2.38. The third-order valence-electron chi connectivity index (χ3n) is 3.59. The van der Waals surface area contributed by atoms with Crippen molar-refractivity contribution in [1.29, 1.82) is 0 Å². The molecule has 0 saturated carbocycles. The van der Waals surface area contributed by atoms with Gasteiger partial charge in [0.1, 0.15) is 0 Å². The van der Waals surface area contributed by atoms with Crippen LogP contribution in [0.1, 0.15) is 37.4 Å². The molecule has 98 valence electrons. The number of carbonyl (C=O) groups is 1. The quantitative estimate of drug-likeness (QED) is 0.874. The Bertz CT molecular complexity index is 470. The third-order valence-corrected chi connectivity index (χ3v) is 3.59. The van der Waals surface area contributed by atoms with Crippen molar-refractivity contribution in [3.05, 3.63) is 23.3 Å². The minimum Gasteiger partial charge on any atom is -0.504 e. The molecule has 1 amide bonds. The predicted molar refractivity (Wildman–Crippen MR) is 68.8 cm³/mol. The second kappa shape index (κ2) is 4.88. The fourth-order valence-electron chi connectivity index (χ4n) is 2.70. The average Bonchev–Trinajstić information content (AvgIpc) is 2.36. The number of ether oxygens (including phenoxy) is 1. The van der Waals surface area contributed by atoms with Crippen molar-refractivity contribution < 1.29 is 14.6 Å². The average molecular weight is 249 g/mol. The highest BCUT2D eigenvalue weighted by Gasteiger charge is 2.28. The van der Waals surface area contributed by atoms with Crippen LogP contribution in [0.4, 0.5) is 0 Å². The largest absolute Gasteiger partial charge is 0.504 e. The first-order valence-corrected chi connectivity index (χ1v) is 6.25. The van der Waals surface area contributed by atoms with Gasteiger partial charge in [-0.05, 0) is 36.1 Å². The van der Waals surface area contributed by atoms with E-state index in [-0.39, 0.29) is 17.7 Å². The van der Waals surface area contributed by atoms with Gasteiger partial charge in [-0.2, -0.15) is 0 Å². The van der Waals surface area contributed by atoms with Crippen molar-refractivity contribution in [3.8, 4) is 11.5 Å². The lowest BCUT2D eigenvalue weighted by atomic mass is 9.90. The number of hydrogen-bond donors (Lipinski definition) is 1. The molecule has 1 aliphatic heterocycles. The van der Waals surface area contributed by atoms with E-state index in [1.54, 1.807) is 20.1 Å². The molecule has 2 rings (SSSR count). The summed E-state index contributed by atoms with van der Waals surface area (Å²) in [6, 6.07) is 3.67. The SMILES string of the molecule is CCC1c2cc(O)c(OC)cc2CCN1C(C)=O. The fourth-order valence-corrected chi connectivity index (χ4v) is 2.70. The van der Waals surface area contributed by atoms with Crippen molar-refractivity contribution >= 4 is 5.91 Å². The van der Waals surface area contributed by atoms with Crippen LogP contribution in [-0.4, -0.2) is 29.6 Å². The summed E-state index contributed by atoms with van der Waals surface area (Å²) in [6.45, 7) is 4.38. The lowest BCUT2D eigenvalue weighted by Gasteiger charge is -2.36. The van der Waals surface area contributed by atoms with Gasteiger partial charge in [0.25, 0.3) is 0 Å². The van der Waals surface area contributed by atoms with Crippen LogP contribution in [0.2, 0.25) is 0 Å². The van der Waals surface area contributed by atoms with E-state index in [1.165, 1.54) is 0 Å². The summed E-state index contributed by atoms with van der Waals surface area (Å²) in [5, 5.41) is 9.88. The van der Waals surface area contributed by atoms with Gasteiger partial charge >= 0.3 is 0 Å². The number of nitrogens with zero attached hydrogens (tertiary/aromatic N) is 1. The van der Waals surface area contributed by atoms with E-state index < -0.39 is 0 Å². The monoisotopic (exact) mass is 249 g/mol. The molecular formula is C14H19NO3. The molecule has 0 radical (unpaired) electrons. The topological polar surface area (TPSA) is 49.8 Å². The van der Waals surface area contributed by atoms with E-state index in [9.17, 15) is 9.90 Å². The maximum atomic E-state index is 11.6. The lowest BCUT2D eigenvalue weighted by Crippen LogP contribution is -2.38. The van der Waals surface area contributed by atoms with Gasteiger partial charge in [-0.3, -0.25) is 4.79 Å². The maximum Gasteiger partial charge on any atom is 0.219 e. The molecule has 1 atom stereocenters. The molecule has 0 aromatic heterocycles. The zero-order valence-corrected chi connectivity index (χ0v) is 11.1. The molecule has 1 aromatic carbocycles. The highest BCUT2D eigenvalue weighted by atomic mass is 16.5. The van der Waals surface area contributed by atoms with Crippen molar-refractivity contribution in [2.75, 3.05) is 13.7 Å². The van der Waals surface area contributed by atoms with Crippen molar-refractivity contribution in [2.24, 2.45) is 0 Å². The van der Waals surface area contributed by atoms with Crippen LogP contribution in [0.3, 0.4) is 0 Å². The normalized spacial score (nSPS) is 18.4. The lowest BCUT2D eigenvalue weighted by molar-refractivity contribution is -0.131. The molecule has 18 heavy (non-hydrogen) atoms. The Kier molecular flexibility index (Phi) is 3.45. The van der Waals surface area contributed by atoms with Crippen LogP contribution in [0, 0.1) is 0 Å². The van der Waals surface area contributed by atoms with E-state index in [2.05, 4.69) is 6.92 Å². The molecule has 0 bridgehead atoms. The van der Waals surface area contributed by atoms with Gasteiger partial charge in [0.15, 0.2) is 11.5 Å². The van der Waals surface area contributed by atoms with Crippen LogP contribution in [0.15, 0.2) is 12.1 Å². The molecule has 0 aliphatic carbocycles. The summed E-state index contributed by atoms with van der Waals surface area (Å²) in [5.74, 6) is 0.725. The van der Waals surface area contributed by atoms with E-state index >= 15 is 0 Å². The summed E-state index contributed by atoms with van der Waals surface area (Å²) >= 11 is 0. The zero-order chi connectivity index (χ0) is 13.3. The molecule has 4 heteroatoms. The van der Waals surface area contributed by atoms with E-state index in [0.717, 1.165) is 30.5 Å². The van der Waals surface area contributed by atoms with Gasteiger partial charge in [-0.25, -0.2) is 0 Å². The van der Waals surface area contributed by atoms with Crippen molar-refractivity contribution in [2.45, 2.75) is 32.7 Å². The van der Waals surface area contributed by atoms with Crippen LogP contribution < -0.4 is 4.74 Å². The maximum absolute atomic E-state index is 11.6. The van der Waals surface area contributed by atoms with Crippen LogP contribution in [-0.2, 0) is 11.2 Å². The summed E-state index contributed by atoms with van der Waals surface area (Å²) < 4.78 is 5.12. The van der Waals surface area contributed by atoms with Crippen molar-refractivity contribution in [1.82, 2.24) is 4.90 Å². The fraction of sp³-hybridized carbons (Fsp3) is 0.500. The highest BCUT2D eigenvalue weighted by molar-refractivity contribution is 5.74. The Balaban J connectivity index is 2.46. The molecule has 1 aliphatic rings. The number of fused-ring (bicyclic) bond motifs is 1. The number of benzene rings is 1. The molecular weight excluding hydrogens is 230 g/mol. The van der Waals surface area contributed by atoms with Gasteiger partial charge in [0, 0.05) is 13.5 Å². The number of methoxy groups -OCH3 is 1. The van der Waals surface area contributed by atoms with Gasteiger partial charge in [0.2, 0.25) is 5.91 Å². The molecule has 0 spiro atoms. The Hall–Kier alpha value is -1.71. The Morgan fingerprint density at radius 1 is 1.56 bits per heavy atom. The second-order valence-electron chi connectivity index (χ2n) is 4.61. The molecule has 1 unspecified atom stereocenters. The number of phenols is 1. The minimum absolute atomic E-state index is 0.0584. The first-order chi connectivity index (χ1) is 8.58. The summed E-state index contributed by atoms with van der Waals surface area (Å²) in [6.07, 6.45) is 1.65.